The van der Waals surface area contributed by atoms with Crippen molar-refractivity contribution in [1.29, 1.82) is 0 Å². The topological polar surface area (TPSA) is 61.4 Å². The normalized spacial score (nSPS) is 16.6. The number of carbonyl (C=O) groups excluding carboxylic acids is 2. The Balaban J connectivity index is 1.69. The van der Waals surface area contributed by atoms with Crippen molar-refractivity contribution in [2.24, 2.45) is 0 Å². The minimum atomic E-state index is -0.238. The molecule has 0 bridgehead atoms. The molecule has 5 heteroatoms. The van der Waals surface area contributed by atoms with Gasteiger partial charge in [0, 0.05) is 31.1 Å². The Kier molecular flexibility index (Phi) is 5.84. The summed E-state index contributed by atoms with van der Waals surface area (Å²) in [6.07, 6.45) is 1.31. The summed E-state index contributed by atoms with van der Waals surface area (Å²) in [6.45, 7) is 3.45. The molecule has 5 nitrogen and oxygen atoms in total. The minimum Gasteiger partial charge on any atom is -0.341 e. The smallest absolute Gasteiger partial charge is 0.315 e. The van der Waals surface area contributed by atoms with Gasteiger partial charge in [0.1, 0.15) is 0 Å². The fourth-order valence-electron chi connectivity index (χ4n) is 2.36. The highest BCUT2D eigenvalue weighted by atomic mass is 16.2. The van der Waals surface area contributed by atoms with Crippen LogP contribution in [0.2, 0.25) is 0 Å². The maximum Gasteiger partial charge on any atom is 0.315 e. The van der Waals surface area contributed by atoms with Crippen LogP contribution in [0.3, 0.4) is 0 Å². The zero-order chi connectivity index (χ0) is 15.8. The van der Waals surface area contributed by atoms with Crippen LogP contribution in [-0.2, 0) is 4.79 Å². The molecule has 2 rings (SSSR count). The van der Waals surface area contributed by atoms with Gasteiger partial charge in [-0.25, -0.2) is 4.79 Å². The molecule has 0 aromatic heterocycles. The number of urea groups is 1. The van der Waals surface area contributed by atoms with E-state index in [1.54, 1.807) is 4.90 Å². The summed E-state index contributed by atoms with van der Waals surface area (Å²) >= 11 is 0. The summed E-state index contributed by atoms with van der Waals surface area (Å²) in [7, 11) is 0. The van der Waals surface area contributed by atoms with Crippen molar-refractivity contribution in [3.05, 3.63) is 35.9 Å². The van der Waals surface area contributed by atoms with E-state index in [0.717, 1.165) is 12.0 Å². The first-order valence-corrected chi connectivity index (χ1v) is 7.55. The molecule has 1 aliphatic rings. The number of rotatable bonds is 3. The molecule has 1 heterocycles. The average Bonchev–Trinajstić information content (AvgIpc) is 3.00. The third-order valence-electron chi connectivity index (χ3n) is 3.52. The van der Waals surface area contributed by atoms with E-state index in [2.05, 4.69) is 22.5 Å². The zero-order valence-corrected chi connectivity index (χ0v) is 12.8. The van der Waals surface area contributed by atoms with Gasteiger partial charge in [0.25, 0.3) is 0 Å². The first-order valence-electron chi connectivity index (χ1n) is 7.55. The maximum atomic E-state index is 11.8. The molecule has 2 N–H and O–H groups in total. The predicted octanol–water partition coefficient (Wildman–Crippen LogP) is 1.35. The molecule has 1 aromatic carbocycles. The molecule has 0 saturated carbocycles. The molecule has 3 amide bonds. The second-order valence-corrected chi connectivity index (χ2v) is 5.17. The lowest BCUT2D eigenvalue weighted by Gasteiger charge is -2.16. The monoisotopic (exact) mass is 299 g/mol. The fourth-order valence-corrected chi connectivity index (χ4v) is 2.36. The van der Waals surface area contributed by atoms with E-state index >= 15 is 0 Å². The van der Waals surface area contributed by atoms with Gasteiger partial charge in [-0.3, -0.25) is 4.79 Å². The van der Waals surface area contributed by atoms with E-state index < -0.39 is 0 Å². The standard InChI is InChI=1S/C17H21N3O2/c1-2-16(21)20-12-10-15(13-20)19-17(22)18-11-6-9-14-7-4-3-5-8-14/h3-5,7-8,15H,2,10-13H2,1H3,(H2,18,19,22)/t15-/m0/s1. The molecule has 0 unspecified atom stereocenters. The summed E-state index contributed by atoms with van der Waals surface area (Å²) < 4.78 is 0. The summed E-state index contributed by atoms with van der Waals surface area (Å²) in [4.78, 5) is 25.1. The van der Waals surface area contributed by atoms with Crippen LogP contribution in [0.25, 0.3) is 0 Å². The number of benzene rings is 1. The van der Waals surface area contributed by atoms with Crippen molar-refractivity contribution in [3.8, 4) is 11.8 Å². The molecule has 0 radical (unpaired) electrons. The van der Waals surface area contributed by atoms with Crippen LogP contribution in [0.15, 0.2) is 30.3 Å². The molecule has 1 saturated heterocycles. The lowest BCUT2D eigenvalue weighted by Crippen LogP contribution is -2.43. The SMILES string of the molecule is CCC(=O)N1CC[C@H](NC(=O)NCC#Cc2ccccc2)C1. The van der Waals surface area contributed by atoms with E-state index in [1.807, 2.05) is 37.3 Å². The van der Waals surface area contributed by atoms with Gasteiger partial charge >= 0.3 is 6.03 Å². The number of amides is 3. The van der Waals surface area contributed by atoms with Gasteiger partial charge in [-0.15, -0.1) is 0 Å². The van der Waals surface area contributed by atoms with E-state index in [4.69, 9.17) is 0 Å². The Morgan fingerprint density at radius 1 is 1.32 bits per heavy atom. The van der Waals surface area contributed by atoms with Gasteiger partial charge in [-0.2, -0.15) is 0 Å². The Hall–Kier alpha value is -2.48. The minimum absolute atomic E-state index is 0.0255. The number of hydrogen-bond acceptors (Lipinski definition) is 2. The quantitative estimate of drug-likeness (QED) is 0.828. The summed E-state index contributed by atoms with van der Waals surface area (Å²) in [5, 5.41) is 5.59. The van der Waals surface area contributed by atoms with Crippen LogP contribution in [0, 0.1) is 11.8 Å². The van der Waals surface area contributed by atoms with Crippen LogP contribution >= 0.6 is 0 Å². The second-order valence-electron chi connectivity index (χ2n) is 5.17. The van der Waals surface area contributed by atoms with Crippen molar-refractivity contribution in [2.75, 3.05) is 19.6 Å². The number of nitrogens with one attached hydrogen (secondary N) is 2. The molecule has 1 aliphatic heterocycles. The highest BCUT2D eigenvalue weighted by Crippen LogP contribution is 2.10. The molecule has 1 atom stereocenters. The molecule has 22 heavy (non-hydrogen) atoms. The average molecular weight is 299 g/mol. The first kappa shape index (κ1) is 15.9. The van der Waals surface area contributed by atoms with E-state index in [1.165, 1.54) is 0 Å². The highest BCUT2D eigenvalue weighted by molar-refractivity contribution is 5.77. The van der Waals surface area contributed by atoms with Crippen molar-refractivity contribution >= 4 is 11.9 Å². The third-order valence-corrected chi connectivity index (χ3v) is 3.52. The van der Waals surface area contributed by atoms with Gasteiger partial charge in [-0.05, 0) is 18.6 Å². The number of nitrogens with zero attached hydrogens (tertiary/aromatic N) is 1. The lowest BCUT2D eigenvalue weighted by molar-refractivity contribution is -0.129. The Labute approximate surface area is 131 Å². The number of likely N-dealkylation sites (tertiary alicyclic amines) is 1. The third kappa shape index (κ3) is 4.81. The number of carbonyl (C=O) groups is 2. The molecule has 116 valence electrons. The lowest BCUT2D eigenvalue weighted by atomic mass is 10.2. The van der Waals surface area contributed by atoms with Gasteiger partial charge < -0.3 is 15.5 Å². The second kappa shape index (κ2) is 8.08. The van der Waals surface area contributed by atoms with E-state index in [0.29, 0.717) is 26.1 Å². The molecular weight excluding hydrogens is 278 g/mol. The van der Waals surface area contributed by atoms with Crippen molar-refractivity contribution in [2.45, 2.75) is 25.8 Å². The van der Waals surface area contributed by atoms with Crippen molar-refractivity contribution in [3.63, 3.8) is 0 Å². The highest BCUT2D eigenvalue weighted by Gasteiger charge is 2.26. The molecule has 0 aliphatic carbocycles. The molecule has 1 fully saturated rings. The Morgan fingerprint density at radius 2 is 2.09 bits per heavy atom. The predicted molar refractivity (Wildman–Crippen MR) is 85.1 cm³/mol. The van der Waals surface area contributed by atoms with Crippen LogP contribution < -0.4 is 10.6 Å². The van der Waals surface area contributed by atoms with Gasteiger partial charge in [0.05, 0.1) is 6.54 Å². The van der Waals surface area contributed by atoms with E-state index in [-0.39, 0.29) is 18.0 Å². The number of hydrogen-bond donors (Lipinski definition) is 2. The summed E-state index contributed by atoms with van der Waals surface area (Å²) in [5.74, 6) is 6.02. The summed E-state index contributed by atoms with van der Waals surface area (Å²) in [5.41, 5.74) is 0.925. The summed E-state index contributed by atoms with van der Waals surface area (Å²) in [6, 6.07) is 9.41. The first-order chi connectivity index (χ1) is 10.7. The van der Waals surface area contributed by atoms with Gasteiger partial charge in [0.2, 0.25) is 5.91 Å². The Bertz CT molecular complexity index is 575. The van der Waals surface area contributed by atoms with Gasteiger partial charge in [0.15, 0.2) is 0 Å². The maximum absolute atomic E-state index is 11.8. The molecule has 1 aromatic rings. The largest absolute Gasteiger partial charge is 0.341 e. The van der Waals surface area contributed by atoms with E-state index in [9.17, 15) is 9.59 Å². The van der Waals surface area contributed by atoms with Crippen molar-refractivity contribution in [1.82, 2.24) is 15.5 Å². The van der Waals surface area contributed by atoms with Crippen LogP contribution in [0.4, 0.5) is 4.79 Å². The Morgan fingerprint density at radius 3 is 2.82 bits per heavy atom. The molecular formula is C17H21N3O2. The van der Waals surface area contributed by atoms with Crippen LogP contribution in [-0.4, -0.2) is 42.5 Å². The van der Waals surface area contributed by atoms with Crippen LogP contribution in [0.5, 0.6) is 0 Å². The van der Waals surface area contributed by atoms with Crippen molar-refractivity contribution < 1.29 is 9.59 Å². The van der Waals surface area contributed by atoms with Crippen LogP contribution in [0.1, 0.15) is 25.3 Å². The van der Waals surface area contributed by atoms with Gasteiger partial charge in [-0.1, -0.05) is 37.0 Å². The fraction of sp³-hybridized carbons (Fsp3) is 0.412. The zero-order valence-electron chi connectivity index (χ0n) is 12.8. The molecule has 0 spiro atoms.